The number of nitrogens with two attached hydrogens (primary N) is 2. The van der Waals surface area contributed by atoms with E-state index in [-0.39, 0.29) is 31.7 Å². The molecule has 0 radical (unpaired) electrons. The summed E-state index contributed by atoms with van der Waals surface area (Å²) in [6, 6.07) is 7.14. The number of hydrogen-bond donors (Lipinski definition) is 2. The summed E-state index contributed by atoms with van der Waals surface area (Å²) in [4.78, 5) is 24.5. The zero-order chi connectivity index (χ0) is 15.1. The van der Waals surface area contributed by atoms with Gasteiger partial charge in [0.25, 0.3) is 0 Å². The average Bonchev–Trinajstić information content (AvgIpc) is 2.34. The molecule has 0 aliphatic carbocycles. The van der Waals surface area contributed by atoms with Gasteiger partial charge in [0.05, 0.1) is 12.6 Å². The largest absolute Gasteiger partial charge is 0.399 e. The normalized spacial score (nSPS) is 10.6. The summed E-state index contributed by atoms with van der Waals surface area (Å²) in [6.07, 6.45) is -0.0539. The van der Waals surface area contributed by atoms with Crippen molar-refractivity contribution in [3.05, 3.63) is 29.8 Å². The van der Waals surface area contributed by atoms with Crippen molar-refractivity contribution in [2.24, 2.45) is 5.73 Å². The molecule has 1 aromatic rings. The lowest BCUT2D eigenvalue weighted by Gasteiger charge is -2.22. The summed E-state index contributed by atoms with van der Waals surface area (Å²) in [5.74, 6) is -0.841. The van der Waals surface area contributed by atoms with Gasteiger partial charge in [-0.15, -0.1) is 0 Å². The van der Waals surface area contributed by atoms with Crippen LogP contribution in [0.1, 0.15) is 19.4 Å². The maximum atomic E-state index is 12.0. The van der Waals surface area contributed by atoms with Crippen LogP contribution in [0.25, 0.3) is 0 Å². The van der Waals surface area contributed by atoms with E-state index in [0.717, 1.165) is 5.56 Å². The van der Waals surface area contributed by atoms with Crippen LogP contribution in [-0.4, -0.2) is 36.0 Å². The predicted octanol–water partition coefficient (Wildman–Crippen LogP) is 0.508. The lowest BCUT2D eigenvalue weighted by Crippen LogP contribution is -2.40. The Morgan fingerprint density at radius 3 is 2.60 bits per heavy atom. The molecule has 110 valence electrons. The molecular formula is C14H21N3O3. The molecule has 0 aliphatic rings. The van der Waals surface area contributed by atoms with Crippen LogP contribution < -0.4 is 11.5 Å². The Balaban J connectivity index is 2.73. The zero-order valence-corrected chi connectivity index (χ0v) is 11.8. The molecule has 2 amide bonds. The maximum absolute atomic E-state index is 12.0. The highest BCUT2D eigenvalue weighted by atomic mass is 16.5. The second-order valence-corrected chi connectivity index (χ2v) is 4.82. The molecule has 0 saturated heterocycles. The van der Waals surface area contributed by atoms with Gasteiger partial charge in [-0.3, -0.25) is 9.59 Å². The van der Waals surface area contributed by atoms with Crippen LogP contribution in [0.15, 0.2) is 24.3 Å². The van der Waals surface area contributed by atoms with Crippen molar-refractivity contribution >= 4 is 17.5 Å². The zero-order valence-electron chi connectivity index (χ0n) is 11.8. The third kappa shape index (κ3) is 5.71. The molecule has 20 heavy (non-hydrogen) atoms. The number of carbonyl (C=O) groups excluding carboxylic acids is 2. The minimum Gasteiger partial charge on any atom is -0.399 e. The van der Waals surface area contributed by atoms with Gasteiger partial charge in [-0.2, -0.15) is 0 Å². The van der Waals surface area contributed by atoms with Gasteiger partial charge in [0.1, 0.15) is 6.61 Å². The molecule has 0 bridgehead atoms. The lowest BCUT2D eigenvalue weighted by atomic mass is 10.2. The molecule has 6 nitrogen and oxygen atoms in total. The van der Waals surface area contributed by atoms with Crippen molar-refractivity contribution in [3.8, 4) is 0 Å². The molecule has 0 fully saturated rings. The molecule has 0 saturated carbocycles. The van der Waals surface area contributed by atoms with Gasteiger partial charge in [-0.1, -0.05) is 12.1 Å². The molecule has 0 unspecified atom stereocenters. The third-order valence-electron chi connectivity index (χ3n) is 2.56. The first-order valence-electron chi connectivity index (χ1n) is 6.40. The average molecular weight is 279 g/mol. The van der Waals surface area contributed by atoms with Crippen LogP contribution in [0, 0.1) is 0 Å². The van der Waals surface area contributed by atoms with Gasteiger partial charge < -0.3 is 21.1 Å². The second-order valence-electron chi connectivity index (χ2n) is 4.82. The monoisotopic (exact) mass is 279 g/mol. The molecule has 0 spiro atoms. The van der Waals surface area contributed by atoms with Crippen LogP contribution in [0.3, 0.4) is 0 Å². The number of rotatable bonds is 7. The SMILES string of the molecule is CC(C)OCC(=O)N(CC(N)=O)Cc1cccc(N)c1. The molecule has 0 heterocycles. The lowest BCUT2D eigenvalue weighted by molar-refractivity contribution is -0.141. The molecule has 4 N–H and O–H groups in total. The molecular weight excluding hydrogens is 258 g/mol. The second kappa shape index (κ2) is 7.49. The first-order valence-corrected chi connectivity index (χ1v) is 6.40. The Morgan fingerprint density at radius 2 is 2.05 bits per heavy atom. The third-order valence-corrected chi connectivity index (χ3v) is 2.56. The highest BCUT2D eigenvalue weighted by Crippen LogP contribution is 2.10. The summed E-state index contributed by atoms with van der Waals surface area (Å²) in [5.41, 5.74) is 12.3. The van der Waals surface area contributed by atoms with E-state index >= 15 is 0 Å². The van der Waals surface area contributed by atoms with E-state index in [4.69, 9.17) is 16.2 Å². The molecule has 1 aromatic carbocycles. The number of carbonyl (C=O) groups is 2. The quantitative estimate of drug-likeness (QED) is 0.710. The highest BCUT2D eigenvalue weighted by Gasteiger charge is 2.17. The van der Waals surface area contributed by atoms with E-state index < -0.39 is 5.91 Å². The molecule has 6 heteroatoms. The van der Waals surface area contributed by atoms with Gasteiger partial charge in [-0.05, 0) is 31.5 Å². The standard InChI is InChI=1S/C14H21N3O3/c1-10(2)20-9-14(19)17(8-13(16)18)7-11-4-3-5-12(15)6-11/h3-6,10H,7-9,15H2,1-2H3,(H2,16,18). The van der Waals surface area contributed by atoms with Crippen LogP contribution in [0.5, 0.6) is 0 Å². The van der Waals surface area contributed by atoms with E-state index in [9.17, 15) is 9.59 Å². The van der Waals surface area contributed by atoms with Crippen LogP contribution >= 0.6 is 0 Å². The summed E-state index contributed by atoms with van der Waals surface area (Å²) in [7, 11) is 0. The Hall–Kier alpha value is -2.08. The number of hydrogen-bond acceptors (Lipinski definition) is 4. The molecule has 0 aliphatic heterocycles. The number of ether oxygens (including phenoxy) is 1. The predicted molar refractivity (Wildman–Crippen MR) is 76.6 cm³/mol. The fourth-order valence-electron chi connectivity index (χ4n) is 1.66. The Morgan fingerprint density at radius 1 is 1.35 bits per heavy atom. The Kier molecular flexibility index (Phi) is 5.99. The summed E-state index contributed by atoms with van der Waals surface area (Å²) in [6.45, 7) is 3.73. The number of benzene rings is 1. The molecule has 1 rings (SSSR count). The van der Waals surface area contributed by atoms with Crippen molar-refractivity contribution in [2.75, 3.05) is 18.9 Å². The fraction of sp³-hybridized carbons (Fsp3) is 0.429. The van der Waals surface area contributed by atoms with Gasteiger partial charge in [-0.25, -0.2) is 0 Å². The number of nitrogen functional groups attached to an aromatic ring is 1. The van der Waals surface area contributed by atoms with Crippen molar-refractivity contribution < 1.29 is 14.3 Å². The minimum absolute atomic E-state index is 0.0539. The fourth-order valence-corrected chi connectivity index (χ4v) is 1.66. The van der Waals surface area contributed by atoms with E-state index in [1.807, 2.05) is 19.9 Å². The smallest absolute Gasteiger partial charge is 0.249 e. The van der Waals surface area contributed by atoms with Gasteiger partial charge in [0.2, 0.25) is 11.8 Å². The van der Waals surface area contributed by atoms with Crippen molar-refractivity contribution in [2.45, 2.75) is 26.5 Å². The molecule has 0 aromatic heterocycles. The van der Waals surface area contributed by atoms with Crippen molar-refractivity contribution in [1.29, 1.82) is 0 Å². The summed E-state index contributed by atoms with van der Waals surface area (Å²) < 4.78 is 5.26. The Bertz CT molecular complexity index is 474. The first-order chi connectivity index (χ1) is 9.38. The van der Waals surface area contributed by atoms with Gasteiger partial charge >= 0.3 is 0 Å². The van der Waals surface area contributed by atoms with Crippen LogP contribution in [-0.2, 0) is 20.9 Å². The minimum atomic E-state index is -0.563. The van der Waals surface area contributed by atoms with Crippen molar-refractivity contribution in [3.63, 3.8) is 0 Å². The topological polar surface area (TPSA) is 98.6 Å². The number of primary amides is 1. The van der Waals surface area contributed by atoms with Gasteiger partial charge in [0, 0.05) is 12.2 Å². The first kappa shape index (κ1) is 16.0. The van der Waals surface area contributed by atoms with E-state index in [1.165, 1.54) is 4.90 Å². The van der Waals surface area contributed by atoms with Crippen molar-refractivity contribution in [1.82, 2.24) is 4.90 Å². The van der Waals surface area contributed by atoms with Crippen LogP contribution in [0.4, 0.5) is 5.69 Å². The van der Waals surface area contributed by atoms with Crippen LogP contribution in [0.2, 0.25) is 0 Å². The number of amides is 2. The maximum Gasteiger partial charge on any atom is 0.249 e. The number of anilines is 1. The summed E-state index contributed by atoms with van der Waals surface area (Å²) >= 11 is 0. The number of nitrogens with zero attached hydrogens (tertiary/aromatic N) is 1. The molecule has 0 atom stereocenters. The van der Waals surface area contributed by atoms with Gasteiger partial charge in [0.15, 0.2) is 0 Å². The Labute approximate surface area is 118 Å². The highest BCUT2D eigenvalue weighted by molar-refractivity contribution is 5.84. The van der Waals surface area contributed by atoms with E-state index in [2.05, 4.69) is 0 Å². The van der Waals surface area contributed by atoms with E-state index in [1.54, 1.807) is 18.2 Å². The van der Waals surface area contributed by atoms with E-state index in [0.29, 0.717) is 5.69 Å². The summed E-state index contributed by atoms with van der Waals surface area (Å²) in [5, 5.41) is 0.